The van der Waals surface area contributed by atoms with Gasteiger partial charge in [-0.15, -0.1) is 0 Å². The second-order valence-electron chi connectivity index (χ2n) is 6.07. The molecule has 0 aliphatic heterocycles. The van der Waals surface area contributed by atoms with Crippen LogP contribution < -0.4 is 5.32 Å². The number of carbonyl (C=O) groups is 1. The molecule has 0 heterocycles. The highest BCUT2D eigenvalue weighted by atomic mass is 16.3. The molecule has 1 aromatic rings. The molecule has 0 spiro atoms. The first-order valence-electron chi connectivity index (χ1n) is 7.23. The lowest BCUT2D eigenvalue weighted by atomic mass is 9.98. The van der Waals surface area contributed by atoms with Gasteiger partial charge >= 0.3 is 0 Å². The molecule has 19 heavy (non-hydrogen) atoms. The molecule has 3 nitrogen and oxygen atoms in total. The molecule has 2 aliphatic carbocycles. The smallest absolute Gasteiger partial charge is 0.255 e. The summed E-state index contributed by atoms with van der Waals surface area (Å²) in [5.74, 6) is 2.25. The molecule has 1 amide bonds. The van der Waals surface area contributed by atoms with E-state index in [9.17, 15) is 9.90 Å². The van der Waals surface area contributed by atoms with E-state index in [2.05, 4.69) is 5.32 Å². The van der Waals surface area contributed by atoms with Gasteiger partial charge in [0.2, 0.25) is 0 Å². The van der Waals surface area contributed by atoms with Gasteiger partial charge in [-0.1, -0.05) is 11.6 Å². The Morgan fingerprint density at radius 1 is 1.32 bits per heavy atom. The predicted molar refractivity (Wildman–Crippen MR) is 74.1 cm³/mol. The largest absolute Gasteiger partial charge is 0.507 e. The van der Waals surface area contributed by atoms with Gasteiger partial charge in [-0.05, 0) is 62.5 Å². The number of amides is 1. The van der Waals surface area contributed by atoms with E-state index in [0.717, 1.165) is 23.9 Å². The molecule has 3 rings (SSSR count). The van der Waals surface area contributed by atoms with Crippen LogP contribution in [-0.2, 0) is 0 Å². The molecule has 0 aromatic heterocycles. The number of aromatic hydroxyl groups is 1. The number of rotatable bonds is 5. The highest BCUT2D eigenvalue weighted by molar-refractivity contribution is 5.96. The van der Waals surface area contributed by atoms with Crippen molar-refractivity contribution in [2.45, 2.75) is 32.6 Å². The van der Waals surface area contributed by atoms with Gasteiger partial charge in [0.15, 0.2) is 0 Å². The van der Waals surface area contributed by atoms with Gasteiger partial charge in [0.25, 0.3) is 5.91 Å². The molecule has 0 saturated heterocycles. The third kappa shape index (κ3) is 2.91. The van der Waals surface area contributed by atoms with Gasteiger partial charge in [-0.2, -0.15) is 0 Å². The van der Waals surface area contributed by atoms with E-state index in [0.29, 0.717) is 11.5 Å². The third-order valence-electron chi connectivity index (χ3n) is 4.35. The fourth-order valence-corrected chi connectivity index (χ4v) is 2.90. The highest BCUT2D eigenvalue weighted by Crippen LogP contribution is 2.48. The van der Waals surface area contributed by atoms with Gasteiger partial charge in [-0.25, -0.2) is 0 Å². The Kier molecular flexibility index (Phi) is 3.21. The summed E-state index contributed by atoms with van der Waals surface area (Å²) in [6.07, 6.45) is 5.30. The van der Waals surface area contributed by atoms with Crippen molar-refractivity contribution in [1.82, 2.24) is 5.32 Å². The minimum Gasteiger partial charge on any atom is -0.507 e. The molecule has 102 valence electrons. The Labute approximate surface area is 114 Å². The highest BCUT2D eigenvalue weighted by Gasteiger charge is 2.41. The van der Waals surface area contributed by atoms with E-state index in [-0.39, 0.29) is 11.7 Å². The van der Waals surface area contributed by atoms with Crippen LogP contribution in [0.1, 0.15) is 41.6 Å². The summed E-state index contributed by atoms with van der Waals surface area (Å²) in [5, 5.41) is 12.8. The van der Waals surface area contributed by atoms with E-state index < -0.39 is 0 Å². The number of carbonyl (C=O) groups excluding carboxylic acids is 1. The van der Waals surface area contributed by atoms with E-state index in [1.165, 1.54) is 25.7 Å². The van der Waals surface area contributed by atoms with Crippen LogP contribution in [0.15, 0.2) is 18.2 Å². The second kappa shape index (κ2) is 4.87. The SMILES string of the molecule is Cc1ccc(O)c(C(=O)NCC(C2CC2)C2CC2)c1. The van der Waals surface area contributed by atoms with Gasteiger partial charge in [0.05, 0.1) is 5.56 Å². The lowest BCUT2D eigenvalue weighted by molar-refractivity contribution is 0.0940. The molecule has 2 N–H and O–H groups in total. The van der Waals surface area contributed by atoms with E-state index >= 15 is 0 Å². The van der Waals surface area contributed by atoms with Crippen LogP contribution in [0, 0.1) is 24.7 Å². The maximum atomic E-state index is 12.1. The van der Waals surface area contributed by atoms with Gasteiger partial charge < -0.3 is 10.4 Å². The zero-order chi connectivity index (χ0) is 13.4. The Balaban J connectivity index is 1.62. The van der Waals surface area contributed by atoms with E-state index in [1.807, 2.05) is 13.0 Å². The predicted octanol–water partition coefficient (Wildman–Crippen LogP) is 2.87. The van der Waals surface area contributed by atoms with Crippen LogP contribution in [0.4, 0.5) is 0 Å². The average molecular weight is 259 g/mol. The minimum absolute atomic E-state index is 0.0671. The fourth-order valence-electron chi connectivity index (χ4n) is 2.90. The standard InChI is InChI=1S/C16H21NO2/c1-10-2-7-15(18)13(8-10)16(19)17-9-14(11-3-4-11)12-5-6-12/h2,7-8,11-12,14,18H,3-6,9H2,1H3,(H,17,19). The number of benzene rings is 1. The lowest BCUT2D eigenvalue weighted by Crippen LogP contribution is -2.31. The number of phenols is 1. The topological polar surface area (TPSA) is 49.3 Å². The maximum Gasteiger partial charge on any atom is 0.255 e. The Morgan fingerprint density at radius 3 is 2.53 bits per heavy atom. The number of phenolic OH excluding ortho intramolecular Hbond substituents is 1. The number of hydrogen-bond donors (Lipinski definition) is 2. The first-order valence-corrected chi connectivity index (χ1v) is 7.23. The van der Waals surface area contributed by atoms with Crippen molar-refractivity contribution < 1.29 is 9.90 Å². The average Bonchev–Trinajstić information content (AvgIpc) is 3.25. The molecular weight excluding hydrogens is 238 g/mol. The molecule has 2 saturated carbocycles. The molecular formula is C16H21NO2. The Morgan fingerprint density at radius 2 is 1.95 bits per heavy atom. The van der Waals surface area contributed by atoms with Crippen LogP contribution in [-0.4, -0.2) is 17.6 Å². The molecule has 0 bridgehead atoms. The van der Waals surface area contributed by atoms with Gasteiger partial charge in [0.1, 0.15) is 5.75 Å². The van der Waals surface area contributed by atoms with Crippen molar-refractivity contribution >= 4 is 5.91 Å². The molecule has 0 unspecified atom stereocenters. The summed E-state index contributed by atoms with van der Waals surface area (Å²) in [6, 6.07) is 5.14. The summed E-state index contributed by atoms with van der Waals surface area (Å²) in [7, 11) is 0. The molecule has 2 aliphatic rings. The minimum atomic E-state index is -0.146. The Hall–Kier alpha value is -1.51. The zero-order valence-electron chi connectivity index (χ0n) is 11.4. The van der Waals surface area contributed by atoms with Gasteiger partial charge in [-0.3, -0.25) is 4.79 Å². The van der Waals surface area contributed by atoms with Crippen molar-refractivity contribution in [2.75, 3.05) is 6.54 Å². The summed E-state index contributed by atoms with van der Waals surface area (Å²) >= 11 is 0. The normalized spacial score (nSPS) is 18.6. The number of hydrogen-bond acceptors (Lipinski definition) is 2. The van der Waals surface area contributed by atoms with Crippen LogP contribution in [0.3, 0.4) is 0 Å². The van der Waals surface area contributed by atoms with Gasteiger partial charge in [0, 0.05) is 6.54 Å². The molecule has 0 radical (unpaired) electrons. The van der Waals surface area contributed by atoms with Crippen molar-refractivity contribution in [2.24, 2.45) is 17.8 Å². The van der Waals surface area contributed by atoms with Crippen LogP contribution in [0.25, 0.3) is 0 Å². The molecule has 3 heteroatoms. The van der Waals surface area contributed by atoms with Crippen molar-refractivity contribution in [3.8, 4) is 5.75 Å². The van der Waals surface area contributed by atoms with E-state index in [1.54, 1.807) is 12.1 Å². The van der Waals surface area contributed by atoms with Crippen LogP contribution in [0.2, 0.25) is 0 Å². The third-order valence-corrected chi connectivity index (χ3v) is 4.35. The van der Waals surface area contributed by atoms with Crippen molar-refractivity contribution in [3.63, 3.8) is 0 Å². The zero-order valence-corrected chi connectivity index (χ0v) is 11.4. The lowest BCUT2D eigenvalue weighted by Gasteiger charge is -2.16. The summed E-state index contributed by atoms with van der Waals surface area (Å²) in [5.41, 5.74) is 1.38. The molecule has 1 aromatic carbocycles. The monoisotopic (exact) mass is 259 g/mol. The Bertz CT molecular complexity index is 478. The first-order chi connectivity index (χ1) is 9.15. The summed E-state index contributed by atoms with van der Waals surface area (Å²) in [4.78, 5) is 12.1. The summed E-state index contributed by atoms with van der Waals surface area (Å²) < 4.78 is 0. The second-order valence-corrected chi connectivity index (χ2v) is 6.07. The molecule has 2 fully saturated rings. The summed E-state index contributed by atoms with van der Waals surface area (Å²) in [6.45, 7) is 2.69. The van der Waals surface area contributed by atoms with Crippen LogP contribution in [0.5, 0.6) is 5.75 Å². The van der Waals surface area contributed by atoms with Crippen LogP contribution >= 0.6 is 0 Å². The fraction of sp³-hybridized carbons (Fsp3) is 0.562. The van der Waals surface area contributed by atoms with E-state index in [4.69, 9.17) is 0 Å². The molecule has 0 atom stereocenters. The maximum absolute atomic E-state index is 12.1. The van der Waals surface area contributed by atoms with Crippen molar-refractivity contribution in [3.05, 3.63) is 29.3 Å². The number of aryl methyl sites for hydroxylation is 1. The van der Waals surface area contributed by atoms with Crippen molar-refractivity contribution in [1.29, 1.82) is 0 Å². The quantitative estimate of drug-likeness (QED) is 0.854. The first kappa shape index (κ1) is 12.5. The number of nitrogens with one attached hydrogen (secondary N) is 1.